The Morgan fingerprint density at radius 3 is 2.75 bits per heavy atom. The van der Waals surface area contributed by atoms with Crippen molar-refractivity contribution in [2.24, 2.45) is 0 Å². The third kappa shape index (κ3) is 4.44. The van der Waals surface area contributed by atoms with Gasteiger partial charge in [0.25, 0.3) is 5.91 Å². The number of carbonyl (C=O) groups is 2. The van der Waals surface area contributed by atoms with Gasteiger partial charge in [-0.3, -0.25) is 9.59 Å². The van der Waals surface area contributed by atoms with Crippen LogP contribution in [0.1, 0.15) is 25.5 Å². The summed E-state index contributed by atoms with van der Waals surface area (Å²) in [6.07, 6.45) is 0. The van der Waals surface area contributed by atoms with E-state index < -0.39 is 16.1 Å². The molecule has 0 aromatic heterocycles. The molecule has 28 heavy (non-hydrogen) atoms. The van der Waals surface area contributed by atoms with E-state index in [1.54, 1.807) is 31.2 Å². The van der Waals surface area contributed by atoms with Crippen LogP contribution in [0.15, 0.2) is 41.3 Å². The van der Waals surface area contributed by atoms with Gasteiger partial charge in [0, 0.05) is 24.7 Å². The molecule has 148 valence electrons. The van der Waals surface area contributed by atoms with Crippen molar-refractivity contribution in [2.45, 2.75) is 24.8 Å². The smallest absolute Gasteiger partial charge is 0.262 e. The number of carbonyl (C=O) groups excluding carboxylic acids is 2. The molecule has 1 heterocycles. The Balaban J connectivity index is 1.86. The van der Waals surface area contributed by atoms with Gasteiger partial charge in [0.15, 0.2) is 6.61 Å². The summed E-state index contributed by atoms with van der Waals surface area (Å²) < 4.78 is 33.5. The number of benzene rings is 2. The van der Waals surface area contributed by atoms with Crippen molar-refractivity contribution in [3.63, 3.8) is 0 Å². The molecule has 2 aromatic rings. The lowest BCUT2D eigenvalue weighted by molar-refractivity contribution is -0.118. The fourth-order valence-corrected chi connectivity index (χ4v) is 4.52. The van der Waals surface area contributed by atoms with Crippen LogP contribution >= 0.6 is 11.6 Å². The summed E-state index contributed by atoms with van der Waals surface area (Å²) >= 11 is 6.13. The molecule has 3 rings (SSSR count). The van der Waals surface area contributed by atoms with Crippen molar-refractivity contribution >= 4 is 44.8 Å². The predicted octanol–water partition coefficient (Wildman–Crippen LogP) is 2.67. The van der Waals surface area contributed by atoms with E-state index >= 15 is 0 Å². The van der Waals surface area contributed by atoms with Crippen molar-refractivity contribution < 1.29 is 22.7 Å². The monoisotopic (exact) mass is 423 g/mol. The maximum absolute atomic E-state index is 12.8. The van der Waals surface area contributed by atoms with E-state index in [0.717, 1.165) is 0 Å². The number of fused-ring (bicyclic) bond motifs is 1. The lowest BCUT2D eigenvalue weighted by Gasteiger charge is -2.21. The summed E-state index contributed by atoms with van der Waals surface area (Å²) in [5, 5.41) is 5.18. The molecule has 1 unspecified atom stereocenters. The van der Waals surface area contributed by atoms with Gasteiger partial charge in [-0.1, -0.05) is 23.7 Å². The highest BCUT2D eigenvalue weighted by molar-refractivity contribution is 7.89. The van der Waals surface area contributed by atoms with Crippen LogP contribution in [0.2, 0.25) is 5.02 Å². The van der Waals surface area contributed by atoms with Crippen LogP contribution in [-0.2, 0) is 19.6 Å². The van der Waals surface area contributed by atoms with Crippen molar-refractivity contribution in [3.05, 3.63) is 47.0 Å². The number of amides is 2. The van der Waals surface area contributed by atoms with Gasteiger partial charge in [-0.15, -0.1) is 0 Å². The van der Waals surface area contributed by atoms with Gasteiger partial charge in [0.05, 0.1) is 10.7 Å². The van der Waals surface area contributed by atoms with Crippen LogP contribution in [0.4, 0.5) is 11.4 Å². The number of sulfonamides is 1. The third-order valence-electron chi connectivity index (χ3n) is 4.00. The summed E-state index contributed by atoms with van der Waals surface area (Å²) in [5.41, 5.74) is 1.54. The molecule has 0 radical (unpaired) electrons. The van der Waals surface area contributed by atoms with Crippen LogP contribution in [0.5, 0.6) is 5.75 Å². The van der Waals surface area contributed by atoms with E-state index in [9.17, 15) is 18.0 Å². The maximum atomic E-state index is 12.8. The molecular formula is C18H18ClN3O5S. The normalized spacial score (nSPS) is 14.5. The molecule has 8 nitrogen and oxygen atoms in total. The van der Waals surface area contributed by atoms with Crippen molar-refractivity contribution in [3.8, 4) is 5.75 Å². The third-order valence-corrected chi connectivity index (χ3v) is 6.00. The van der Waals surface area contributed by atoms with E-state index in [0.29, 0.717) is 16.9 Å². The van der Waals surface area contributed by atoms with E-state index in [2.05, 4.69) is 15.4 Å². The minimum atomic E-state index is -3.98. The van der Waals surface area contributed by atoms with E-state index in [4.69, 9.17) is 16.3 Å². The number of rotatable bonds is 5. The van der Waals surface area contributed by atoms with Gasteiger partial charge < -0.3 is 15.4 Å². The summed E-state index contributed by atoms with van der Waals surface area (Å²) in [5.74, 6) is -0.340. The first-order valence-electron chi connectivity index (χ1n) is 8.32. The number of halogens is 1. The molecule has 1 atom stereocenters. The molecule has 3 N–H and O–H groups in total. The summed E-state index contributed by atoms with van der Waals surface area (Å²) in [6.45, 7) is 2.86. The first-order valence-corrected chi connectivity index (χ1v) is 10.2. The average molecular weight is 424 g/mol. The van der Waals surface area contributed by atoms with Gasteiger partial charge in [-0.25, -0.2) is 13.1 Å². The highest BCUT2D eigenvalue weighted by atomic mass is 35.5. The van der Waals surface area contributed by atoms with Crippen LogP contribution in [0.25, 0.3) is 0 Å². The Morgan fingerprint density at radius 2 is 2.04 bits per heavy atom. The molecule has 0 fully saturated rings. The molecule has 1 aliphatic rings. The fraction of sp³-hybridized carbons (Fsp3) is 0.222. The van der Waals surface area contributed by atoms with Crippen molar-refractivity contribution in [1.82, 2.24) is 4.72 Å². The second-order valence-corrected chi connectivity index (χ2v) is 8.35. The van der Waals surface area contributed by atoms with Gasteiger partial charge in [0.1, 0.15) is 10.6 Å². The highest BCUT2D eigenvalue weighted by Gasteiger charge is 2.26. The highest BCUT2D eigenvalue weighted by Crippen LogP contribution is 2.36. The number of nitrogens with one attached hydrogen (secondary N) is 3. The quantitative estimate of drug-likeness (QED) is 0.684. The zero-order valence-corrected chi connectivity index (χ0v) is 16.6. The fourth-order valence-electron chi connectivity index (χ4n) is 2.74. The van der Waals surface area contributed by atoms with Crippen LogP contribution in [-0.4, -0.2) is 26.8 Å². The second-order valence-electron chi connectivity index (χ2n) is 6.27. The molecule has 2 amide bonds. The predicted molar refractivity (Wildman–Crippen MR) is 105 cm³/mol. The summed E-state index contributed by atoms with van der Waals surface area (Å²) in [7, 11) is -3.98. The van der Waals surface area contributed by atoms with Crippen molar-refractivity contribution in [1.29, 1.82) is 0 Å². The van der Waals surface area contributed by atoms with Gasteiger partial charge in [-0.05, 0) is 30.7 Å². The Morgan fingerprint density at radius 1 is 1.29 bits per heavy atom. The van der Waals surface area contributed by atoms with Crippen molar-refractivity contribution in [2.75, 3.05) is 17.2 Å². The largest absolute Gasteiger partial charge is 0.482 e. The molecule has 0 saturated carbocycles. The minimum absolute atomic E-state index is 0.0451. The topological polar surface area (TPSA) is 114 Å². The zero-order valence-electron chi connectivity index (χ0n) is 15.1. The van der Waals surface area contributed by atoms with E-state index in [-0.39, 0.29) is 34.1 Å². The first kappa shape index (κ1) is 20.1. The molecule has 0 saturated heterocycles. The number of hydrogen-bond donors (Lipinski definition) is 3. The van der Waals surface area contributed by atoms with Crippen LogP contribution in [0.3, 0.4) is 0 Å². The van der Waals surface area contributed by atoms with E-state index in [1.807, 2.05) is 0 Å². The SMILES string of the molecule is CC(=O)Nc1cccc(C(C)NS(=O)(=O)c2cc3c(cc2Cl)NC(=O)CO3)c1. The Labute approximate surface area is 167 Å². The molecule has 0 bridgehead atoms. The Bertz CT molecular complexity index is 1060. The zero-order chi connectivity index (χ0) is 20.5. The lowest BCUT2D eigenvalue weighted by Crippen LogP contribution is -2.28. The number of hydrogen-bond acceptors (Lipinski definition) is 5. The maximum Gasteiger partial charge on any atom is 0.262 e. The number of ether oxygens (including phenoxy) is 1. The summed E-state index contributed by atoms with van der Waals surface area (Å²) in [4.78, 5) is 22.4. The standard InChI is InChI=1S/C18H18ClN3O5S/c1-10(12-4-3-5-13(6-12)20-11(2)23)22-28(25,26)17-8-16-15(7-14(17)19)21-18(24)9-27-16/h3-8,10,22H,9H2,1-2H3,(H,20,23)(H,21,24). The van der Waals surface area contributed by atoms with Crippen LogP contribution < -0.4 is 20.1 Å². The number of anilines is 2. The molecule has 0 spiro atoms. The molecule has 2 aromatic carbocycles. The van der Waals surface area contributed by atoms with Gasteiger partial charge in [0.2, 0.25) is 15.9 Å². The minimum Gasteiger partial charge on any atom is -0.482 e. The first-order chi connectivity index (χ1) is 13.2. The Hall–Kier alpha value is -2.62. The second kappa shape index (κ2) is 7.78. The summed E-state index contributed by atoms with van der Waals surface area (Å²) in [6, 6.07) is 8.87. The van der Waals surface area contributed by atoms with Gasteiger partial charge in [-0.2, -0.15) is 0 Å². The average Bonchev–Trinajstić information content (AvgIpc) is 2.60. The molecular weight excluding hydrogens is 406 g/mol. The molecule has 1 aliphatic heterocycles. The Kier molecular flexibility index (Phi) is 5.59. The molecule has 10 heteroatoms. The van der Waals surface area contributed by atoms with E-state index in [1.165, 1.54) is 19.1 Å². The molecule has 0 aliphatic carbocycles. The van der Waals surface area contributed by atoms with Gasteiger partial charge >= 0.3 is 0 Å². The van der Waals surface area contributed by atoms with Crippen LogP contribution in [0, 0.1) is 0 Å². The lowest BCUT2D eigenvalue weighted by atomic mass is 10.1.